The van der Waals surface area contributed by atoms with Crippen LogP contribution in [0.25, 0.3) is 6.08 Å². The molecule has 1 saturated heterocycles. The van der Waals surface area contributed by atoms with Crippen molar-refractivity contribution >= 4 is 63.5 Å². The van der Waals surface area contributed by atoms with Crippen LogP contribution in [0.3, 0.4) is 0 Å². The van der Waals surface area contributed by atoms with E-state index >= 15 is 0 Å². The fraction of sp³-hybridized carbons (Fsp3) is 0.111. The van der Waals surface area contributed by atoms with Gasteiger partial charge in [0.15, 0.2) is 5.17 Å². The summed E-state index contributed by atoms with van der Waals surface area (Å²) in [4.78, 5) is 20.4. The van der Waals surface area contributed by atoms with Crippen molar-refractivity contribution in [2.24, 2.45) is 4.99 Å². The minimum absolute atomic E-state index is 0.194. The molecule has 3 aromatic carbocycles. The zero-order valence-corrected chi connectivity index (χ0v) is 21.0. The number of para-hydroxylation sites is 1. The monoisotopic (exact) mass is 508 g/mol. The van der Waals surface area contributed by atoms with Crippen LogP contribution in [-0.4, -0.2) is 17.7 Å². The summed E-state index contributed by atoms with van der Waals surface area (Å²) in [6, 6.07) is 18.6. The van der Waals surface area contributed by atoms with Crippen LogP contribution in [0.4, 0.5) is 11.4 Å². The Labute approximate surface area is 213 Å². The third kappa shape index (κ3) is 5.22. The molecule has 0 atom stereocenters. The number of hydrogen-bond donors (Lipinski definition) is 0. The van der Waals surface area contributed by atoms with Gasteiger partial charge in [-0.3, -0.25) is 9.69 Å². The number of thioether (sulfide) groups is 1. The number of hydrogen-bond acceptors (Lipinski definition) is 4. The van der Waals surface area contributed by atoms with E-state index < -0.39 is 0 Å². The molecular weight excluding hydrogens is 487 g/mol. The van der Waals surface area contributed by atoms with Gasteiger partial charge in [-0.05, 0) is 73.1 Å². The van der Waals surface area contributed by atoms with Crippen LogP contribution in [-0.2, 0) is 4.79 Å². The SMILES string of the molecule is C=CCOc1ccccc1/C=C1/SC(=Nc2ccc(C)c(Cl)c2)N(c2ccc(C)c(Cl)c2)C1=O. The zero-order chi connectivity index (χ0) is 24.2. The number of benzene rings is 3. The smallest absolute Gasteiger partial charge is 0.271 e. The standard InChI is InChI=1S/C27H22Cl2N2O2S/c1-4-13-33-24-8-6-5-7-19(24)14-25-26(32)31(21-12-10-18(3)23(29)16-21)27(34-25)30-20-11-9-17(2)22(28)15-20/h4-12,14-16H,1,13H2,2-3H3/b25-14+,30-27?. The average molecular weight is 509 g/mol. The molecule has 4 nitrogen and oxygen atoms in total. The highest BCUT2D eigenvalue weighted by Crippen LogP contribution is 2.39. The van der Waals surface area contributed by atoms with Crippen molar-refractivity contribution in [2.45, 2.75) is 13.8 Å². The Kier molecular flexibility index (Phi) is 7.47. The molecular formula is C27H22Cl2N2O2S. The second kappa shape index (κ2) is 10.5. The van der Waals surface area contributed by atoms with Crippen molar-refractivity contribution in [3.8, 4) is 5.75 Å². The van der Waals surface area contributed by atoms with Gasteiger partial charge in [0, 0.05) is 15.6 Å². The molecule has 0 N–H and O–H groups in total. The van der Waals surface area contributed by atoms with Crippen molar-refractivity contribution in [1.29, 1.82) is 0 Å². The molecule has 0 aliphatic carbocycles. The summed E-state index contributed by atoms with van der Waals surface area (Å²) < 4.78 is 5.76. The van der Waals surface area contributed by atoms with Gasteiger partial charge in [0.2, 0.25) is 0 Å². The first-order valence-corrected chi connectivity index (χ1v) is 12.1. The number of aryl methyl sites for hydroxylation is 2. The van der Waals surface area contributed by atoms with Crippen molar-refractivity contribution in [3.63, 3.8) is 0 Å². The van der Waals surface area contributed by atoms with Crippen LogP contribution < -0.4 is 9.64 Å². The van der Waals surface area contributed by atoms with E-state index in [1.54, 1.807) is 23.1 Å². The lowest BCUT2D eigenvalue weighted by atomic mass is 10.1. The van der Waals surface area contributed by atoms with Crippen molar-refractivity contribution in [1.82, 2.24) is 0 Å². The third-order valence-electron chi connectivity index (χ3n) is 5.16. The average Bonchev–Trinajstić information content (AvgIpc) is 3.12. The largest absolute Gasteiger partial charge is 0.489 e. The molecule has 0 saturated carbocycles. The molecule has 1 heterocycles. The number of carbonyl (C=O) groups is 1. The van der Waals surface area contributed by atoms with Gasteiger partial charge < -0.3 is 4.74 Å². The molecule has 34 heavy (non-hydrogen) atoms. The summed E-state index contributed by atoms with van der Waals surface area (Å²) in [5.74, 6) is 0.476. The number of amides is 1. The minimum atomic E-state index is -0.194. The second-order valence-electron chi connectivity index (χ2n) is 7.65. The molecule has 1 amide bonds. The first-order valence-electron chi connectivity index (χ1n) is 10.5. The number of nitrogens with zero attached hydrogens (tertiary/aromatic N) is 2. The van der Waals surface area contributed by atoms with Crippen molar-refractivity contribution in [3.05, 3.63) is 105 Å². The highest BCUT2D eigenvalue weighted by molar-refractivity contribution is 8.19. The Bertz CT molecular complexity index is 1330. The minimum Gasteiger partial charge on any atom is -0.489 e. The van der Waals surface area contributed by atoms with Gasteiger partial charge in [-0.25, -0.2) is 4.99 Å². The fourth-order valence-electron chi connectivity index (χ4n) is 3.28. The van der Waals surface area contributed by atoms with E-state index in [0.717, 1.165) is 16.7 Å². The fourth-order valence-corrected chi connectivity index (χ4v) is 4.62. The van der Waals surface area contributed by atoms with E-state index in [2.05, 4.69) is 6.58 Å². The predicted octanol–water partition coefficient (Wildman–Crippen LogP) is 7.98. The summed E-state index contributed by atoms with van der Waals surface area (Å²) in [7, 11) is 0. The quantitative estimate of drug-likeness (QED) is 0.250. The summed E-state index contributed by atoms with van der Waals surface area (Å²) in [5, 5.41) is 1.71. The van der Waals surface area contributed by atoms with Gasteiger partial charge in [0.25, 0.3) is 5.91 Å². The van der Waals surface area contributed by atoms with E-state index in [4.69, 9.17) is 32.9 Å². The maximum Gasteiger partial charge on any atom is 0.271 e. The Morgan fingerprint density at radius 2 is 1.74 bits per heavy atom. The van der Waals surface area contributed by atoms with Crippen LogP contribution in [0.2, 0.25) is 10.0 Å². The number of anilines is 1. The molecule has 1 fully saturated rings. The summed E-state index contributed by atoms with van der Waals surface area (Å²) in [5.41, 5.74) is 3.98. The van der Waals surface area contributed by atoms with Gasteiger partial charge in [0.1, 0.15) is 12.4 Å². The predicted molar refractivity (Wildman–Crippen MR) is 145 cm³/mol. The number of carbonyl (C=O) groups excluding carboxylic acids is 1. The molecule has 0 bridgehead atoms. The summed E-state index contributed by atoms with van der Waals surface area (Å²) >= 11 is 14.0. The lowest BCUT2D eigenvalue weighted by Crippen LogP contribution is -2.28. The van der Waals surface area contributed by atoms with Crippen molar-refractivity contribution in [2.75, 3.05) is 11.5 Å². The maximum absolute atomic E-state index is 13.6. The first kappa shape index (κ1) is 24.1. The Balaban J connectivity index is 1.79. The van der Waals surface area contributed by atoms with E-state index in [1.807, 2.05) is 68.5 Å². The lowest BCUT2D eigenvalue weighted by molar-refractivity contribution is -0.113. The Morgan fingerprint density at radius 1 is 1.03 bits per heavy atom. The summed E-state index contributed by atoms with van der Waals surface area (Å²) in [6.45, 7) is 7.92. The molecule has 0 unspecified atom stereocenters. The van der Waals surface area contributed by atoms with Crippen LogP contribution in [0.1, 0.15) is 16.7 Å². The number of ether oxygens (including phenoxy) is 1. The van der Waals surface area contributed by atoms with Gasteiger partial charge in [-0.1, -0.05) is 66.2 Å². The topological polar surface area (TPSA) is 41.9 Å². The normalized spacial score (nSPS) is 15.9. The molecule has 3 aromatic rings. The number of rotatable bonds is 6. The highest BCUT2D eigenvalue weighted by Gasteiger charge is 2.35. The molecule has 0 spiro atoms. The number of aliphatic imine (C=N–C) groups is 1. The Morgan fingerprint density at radius 3 is 2.44 bits per heavy atom. The van der Waals surface area contributed by atoms with Gasteiger partial charge >= 0.3 is 0 Å². The van der Waals surface area contributed by atoms with Gasteiger partial charge in [0.05, 0.1) is 16.3 Å². The van der Waals surface area contributed by atoms with Crippen LogP contribution in [0, 0.1) is 13.8 Å². The summed E-state index contributed by atoms with van der Waals surface area (Å²) in [6.07, 6.45) is 3.50. The Hall–Kier alpha value is -2.99. The van der Waals surface area contributed by atoms with Gasteiger partial charge in [-0.15, -0.1) is 0 Å². The number of amidine groups is 1. The first-order chi connectivity index (χ1) is 16.4. The maximum atomic E-state index is 13.6. The van der Waals surface area contributed by atoms with Crippen LogP contribution in [0.15, 0.2) is 83.2 Å². The third-order valence-corrected chi connectivity index (χ3v) is 6.95. The molecule has 0 radical (unpaired) electrons. The molecule has 4 rings (SSSR count). The van der Waals surface area contributed by atoms with E-state index in [0.29, 0.717) is 43.8 Å². The molecule has 7 heteroatoms. The van der Waals surface area contributed by atoms with Crippen LogP contribution in [0.5, 0.6) is 5.75 Å². The lowest BCUT2D eigenvalue weighted by Gasteiger charge is -2.16. The molecule has 1 aliphatic heterocycles. The number of halogens is 2. The van der Waals surface area contributed by atoms with Crippen LogP contribution >= 0.6 is 35.0 Å². The van der Waals surface area contributed by atoms with E-state index in [1.165, 1.54) is 11.8 Å². The molecule has 172 valence electrons. The second-order valence-corrected chi connectivity index (χ2v) is 9.47. The van der Waals surface area contributed by atoms with Crippen molar-refractivity contribution < 1.29 is 9.53 Å². The molecule has 1 aliphatic rings. The highest BCUT2D eigenvalue weighted by atomic mass is 35.5. The van der Waals surface area contributed by atoms with E-state index in [-0.39, 0.29) is 5.91 Å². The van der Waals surface area contributed by atoms with E-state index in [9.17, 15) is 4.79 Å². The zero-order valence-electron chi connectivity index (χ0n) is 18.7. The molecule has 0 aromatic heterocycles. The van der Waals surface area contributed by atoms with Gasteiger partial charge in [-0.2, -0.15) is 0 Å².